The van der Waals surface area contributed by atoms with Gasteiger partial charge < -0.3 is 14.9 Å². The van der Waals surface area contributed by atoms with Gasteiger partial charge in [-0.05, 0) is 23.8 Å². The third kappa shape index (κ3) is 3.54. The highest BCUT2D eigenvalue weighted by Gasteiger charge is 2.32. The van der Waals surface area contributed by atoms with Crippen molar-refractivity contribution in [1.82, 2.24) is 0 Å². The lowest BCUT2D eigenvalue weighted by atomic mass is 10.0. The van der Waals surface area contributed by atoms with Crippen molar-refractivity contribution in [3.8, 4) is 5.75 Å². The average Bonchev–Trinajstić information content (AvgIpc) is 2.35. The summed E-state index contributed by atoms with van der Waals surface area (Å²) in [7, 11) is 1.22. The SMILES string of the molecule is COc1cc(C(O)C(O)CS)cc(C(F)(F)F)c1. The van der Waals surface area contributed by atoms with Crippen LogP contribution in [0.15, 0.2) is 18.2 Å². The number of benzene rings is 1. The Labute approximate surface area is 108 Å². The third-order valence-electron chi connectivity index (χ3n) is 2.38. The second kappa shape index (κ2) is 5.81. The van der Waals surface area contributed by atoms with E-state index in [1.807, 2.05) is 0 Å². The van der Waals surface area contributed by atoms with Gasteiger partial charge in [0.1, 0.15) is 11.9 Å². The van der Waals surface area contributed by atoms with E-state index >= 15 is 0 Å². The predicted octanol–water partition coefficient (Wildman–Crippen LogP) is 2.04. The van der Waals surface area contributed by atoms with Crippen LogP contribution in [0.25, 0.3) is 0 Å². The highest BCUT2D eigenvalue weighted by molar-refractivity contribution is 7.80. The van der Waals surface area contributed by atoms with E-state index in [9.17, 15) is 23.4 Å². The van der Waals surface area contributed by atoms with Crippen LogP contribution < -0.4 is 4.74 Å². The van der Waals surface area contributed by atoms with Crippen LogP contribution >= 0.6 is 12.6 Å². The first-order valence-corrected chi connectivity index (χ1v) is 5.66. The quantitative estimate of drug-likeness (QED) is 0.741. The second-order valence-electron chi connectivity index (χ2n) is 3.69. The van der Waals surface area contributed by atoms with Crippen LogP contribution in [0, 0.1) is 0 Å². The summed E-state index contributed by atoms with van der Waals surface area (Å²) in [5.74, 6) is -0.107. The van der Waals surface area contributed by atoms with Crippen LogP contribution in [0.3, 0.4) is 0 Å². The van der Waals surface area contributed by atoms with Crippen molar-refractivity contribution in [3.05, 3.63) is 29.3 Å². The van der Waals surface area contributed by atoms with Crippen molar-refractivity contribution in [3.63, 3.8) is 0 Å². The molecule has 0 saturated carbocycles. The Morgan fingerprint density at radius 1 is 1.28 bits per heavy atom. The molecule has 2 unspecified atom stereocenters. The molecule has 0 fully saturated rings. The third-order valence-corrected chi connectivity index (χ3v) is 2.76. The normalized spacial score (nSPS) is 15.3. The van der Waals surface area contributed by atoms with E-state index in [4.69, 9.17) is 4.74 Å². The molecule has 0 aliphatic heterocycles. The molecule has 102 valence electrons. The van der Waals surface area contributed by atoms with Crippen LogP contribution in [0.2, 0.25) is 0 Å². The monoisotopic (exact) mass is 282 g/mol. The van der Waals surface area contributed by atoms with Crippen LogP contribution in [0.5, 0.6) is 5.75 Å². The largest absolute Gasteiger partial charge is 0.497 e. The molecule has 18 heavy (non-hydrogen) atoms. The van der Waals surface area contributed by atoms with E-state index in [1.165, 1.54) is 13.2 Å². The minimum absolute atomic E-state index is 0.0368. The second-order valence-corrected chi connectivity index (χ2v) is 4.05. The molecule has 7 heteroatoms. The van der Waals surface area contributed by atoms with Crippen molar-refractivity contribution in [2.24, 2.45) is 0 Å². The highest BCUT2D eigenvalue weighted by atomic mass is 32.1. The first-order chi connectivity index (χ1) is 8.29. The summed E-state index contributed by atoms with van der Waals surface area (Å²) in [6.45, 7) is 0. The molecular weight excluding hydrogens is 269 g/mol. The van der Waals surface area contributed by atoms with E-state index < -0.39 is 23.9 Å². The first kappa shape index (κ1) is 15.1. The van der Waals surface area contributed by atoms with E-state index in [2.05, 4.69) is 12.6 Å². The van der Waals surface area contributed by atoms with Crippen molar-refractivity contribution in [2.45, 2.75) is 18.4 Å². The summed E-state index contributed by atoms with van der Waals surface area (Å²) in [5.41, 5.74) is -1.01. The summed E-state index contributed by atoms with van der Waals surface area (Å²) in [6, 6.07) is 2.84. The number of rotatable bonds is 4. The van der Waals surface area contributed by atoms with Gasteiger partial charge in [-0.2, -0.15) is 25.8 Å². The van der Waals surface area contributed by atoms with Crippen LogP contribution in [-0.2, 0) is 6.18 Å². The van der Waals surface area contributed by atoms with Crippen LogP contribution in [-0.4, -0.2) is 29.2 Å². The lowest BCUT2D eigenvalue weighted by Gasteiger charge is -2.18. The summed E-state index contributed by atoms with van der Waals surface area (Å²) in [4.78, 5) is 0. The molecule has 0 saturated heterocycles. The van der Waals surface area contributed by atoms with Crippen molar-refractivity contribution in [1.29, 1.82) is 0 Å². The fraction of sp³-hybridized carbons (Fsp3) is 0.455. The number of aliphatic hydroxyl groups excluding tert-OH is 2. The molecule has 1 aromatic carbocycles. The van der Waals surface area contributed by atoms with Crippen molar-refractivity contribution >= 4 is 12.6 Å². The van der Waals surface area contributed by atoms with Gasteiger partial charge in [-0.1, -0.05) is 0 Å². The van der Waals surface area contributed by atoms with Gasteiger partial charge in [0.15, 0.2) is 0 Å². The lowest BCUT2D eigenvalue weighted by molar-refractivity contribution is -0.137. The number of hydrogen-bond acceptors (Lipinski definition) is 4. The molecule has 2 atom stereocenters. The molecule has 3 nitrogen and oxygen atoms in total. The molecule has 0 heterocycles. The van der Waals surface area contributed by atoms with Gasteiger partial charge in [0.05, 0.1) is 18.8 Å². The molecule has 1 aromatic rings. The van der Waals surface area contributed by atoms with Gasteiger partial charge in [-0.25, -0.2) is 0 Å². The predicted molar refractivity (Wildman–Crippen MR) is 62.8 cm³/mol. The number of alkyl halides is 3. The summed E-state index contributed by atoms with van der Waals surface area (Å²) < 4.78 is 42.6. The maximum absolute atomic E-state index is 12.6. The first-order valence-electron chi connectivity index (χ1n) is 5.02. The maximum atomic E-state index is 12.6. The fourth-order valence-corrected chi connectivity index (χ4v) is 1.60. The molecule has 0 aromatic heterocycles. The van der Waals surface area contributed by atoms with Gasteiger partial charge >= 0.3 is 6.18 Å². The van der Waals surface area contributed by atoms with E-state index in [0.29, 0.717) is 0 Å². The van der Waals surface area contributed by atoms with E-state index in [1.54, 1.807) is 0 Å². The molecule has 0 spiro atoms. The Kier molecular flexibility index (Phi) is 4.89. The lowest BCUT2D eigenvalue weighted by Crippen LogP contribution is -2.20. The van der Waals surface area contributed by atoms with Gasteiger partial charge in [0.2, 0.25) is 0 Å². The molecule has 1 rings (SSSR count). The van der Waals surface area contributed by atoms with Gasteiger partial charge in [0.25, 0.3) is 0 Å². The molecule has 0 bridgehead atoms. The Morgan fingerprint density at radius 3 is 2.33 bits per heavy atom. The standard InChI is InChI=1S/C11H13F3O3S/c1-17-8-3-6(10(16)9(15)5-18)2-7(4-8)11(12,13)14/h2-4,9-10,15-16,18H,5H2,1H3. The average molecular weight is 282 g/mol. The topological polar surface area (TPSA) is 49.7 Å². The highest BCUT2D eigenvalue weighted by Crippen LogP contribution is 2.34. The number of methoxy groups -OCH3 is 1. The summed E-state index contributed by atoms with van der Waals surface area (Å²) in [6.07, 6.45) is -7.24. The Balaban J connectivity index is 3.20. The van der Waals surface area contributed by atoms with Crippen molar-refractivity contribution in [2.75, 3.05) is 12.9 Å². The summed E-state index contributed by atoms with van der Waals surface area (Å²) in [5, 5.41) is 19.1. The number of aliphatic hydroxyl groups is 2. The Hall–Kier alpha value is -0.920. The van der Waals surface area contributed by atoms with E-state index in [0.717, 1.165) is 12.1 Å². The van der Waals surface area contributed by atoms with Gasteiger partial charge in [-0.15, -0.1) is 0 Å². The minimum Gasteiger partial charge on any atom is -0.497 e. The molecule has 0 radical (unpaired) electrons. The van der Waals surface area contributed by atoms with Crippen LogP contribution in [0.4, 0.5) is 13.2 Å². The van der Waals surface area contributed by atoms with Crippen LogP contribution in [0.1, 0.15) is 17.2 Å². The minimum atomic E-state index is -4.55. The zero-order chi connectivity index (χ0) is 13.9. The molecule has 0 aliphatic rings. The maximum Gasteiger partial charge on any atom is 0.416 e. The number of hydrogen-bond donors (Lipinski definition) is 3. The zero-order valence-corrected chi connectivity index (χ0v) is 10.4. The van der Waals surface area contributed by atoms with Gasteiger partial charge in [-0.3, -0.25) is 0 Å². The molecule has 2 N–H and O–H groups in total. The molecule has 0 amide bonds. The molecule has 0 aliphatic carbocycles. The summed E-state index contributed by atoms with van der Waals surface area (Å²) >= 11 is 3.77. The van der Waals surface area contributed by atoms with E-state index in [-0.39, 0.29) is 17.1 Å². The number of halogens is 3. The Morgan fingerprint density at radius 2 is 1.89 bits per heavy atom. The zero-order valence-electron chi connectivity index (χ0n) is 9.48. The van der Waals surface area contributed by atoms with Gasteiger partial charge in [0, 0.05) is 5.75 Å². The van der Waals surface area contributed by atoms with Crippen molar-refractivity contribution < 1.29 is 28.1 Å². The number of thiol groups is 1. The molecular formula is C11H13F3O3S. The number of ether oxygens (including phenoxy) is 1. The Bertz CT molecular complexity index is 409. The smallest absolute Gasteiger partial charge is 0.416 e. The fourth-order valence-electron chi connectivity index (χ4n) is 1.40.